The van der Waals surface area contributed by atoms with Gasteiger partial charge in [0.1, 0.15) is 6.61 Å². The largest absolute Gasteiger partial charge is 0.445 e. The van der Waals surface area contributed by atoms with Crippen molar-refractivity contribution < 1.29 is 9.53 Å². The number of rotatable bonds is 3. The first-order valence-electron chi connectivity index (χ1n) is 4.58. The Morgan fingerprint density at radius 1 is 1.77 bits per heavy atom. The molecule has 0 aliphatic carbocycles. The summed E-state index contributed by atoms with van der Waals surface area (Å²) in [5.74, 6) is 0. The van der Waals surface area contributed by atoms with Gasteiger partial charge in [0.15, 0.2) is 0 Å². The highest BCUT2D eigenvalue weighted by Gasteiger charge is 2.15. The Morgan fingerprint density at radius 2 is 2.62 bits per heavy atom. The second-order valence-corrected chi connectivity index (χ2v) is 3.07. The molecule has 1 rings (SSSR count). The van der Waals surface area contributed by atoms with Crippen LogP contribution in [0, 0.1) is 0 Å². The van der Waals surface area contributed by atoms with Gasteiger partial charge >= 0.3 is 6.09 Å². The van der Waals surface area contributed by atoms with E-state index in [-0.39, 0.29) is 18.7 Å². The van der Waals surface area contributed by atoms with Crippen molar-refractivity contribution in [2.75, 3.05) is 19.7 Å². The third kappa shape index (κ3) is 3.94. The maximum Gasteiger partial charge on any atom is 0.407 e. The lowest BCUT2D eigenvalue weighted by atomic mass is 10.1. The lowest BCUT2D eigenvalue weighted by Gasteiger charge is -2.23. The third-order valence-corrected chi connectivity index (χ3v) is 1.95. The molecule has 1 saturated heterocycles. The summed E-state index contributed by atoms with van der Waals surface area (Å²) < 4.78 is 4.80. The maximum atomic E-state index is 11.1. The molecule has 0 spiro atoms. The van der Waals surface area contributed by atoms with E-state index in [1.807, 2.05) is 0 Å². The molecule has 0 aromatic carbocycles. The van der Waals surface area contributed by atoms with Gasteiger partial charge in [0.25, 0.3) is 0 Å². The SMILES string of the molecule is C=CCOC(=O)N[C@H]1CCCNC1. The van der Waals surface area contributed by atoms with Gasteiger partial charge in [-0.25, -0.2) is 4.79 Å². The Morgan fingerprint density at radius 3 is 3.23 bits per heavy atom. The second-order valence-electron chi connectivity index (χ2n) is 3.07. The number of hydrogen-bond acceptors (Lipinski definition) is 3. The smallest absolute Gasteiger partial charge is 0.407 e. The molecule has 0 aromatic heterocycles. The molecule has 4 heteroatoms. The number of hydrogen-bond donors (Lipinski definition) is 2. The van der Waals surface area contributed by atoms with E-state index in [0.717, 1.165) is 25.9 Å². The zero-order chi connectivity index (χ0) is 9.52. The van der Waals surface area contributed by atoms with Crippen molar-refractivity contribution in [2.24, 2.45) is 0 Å². The van der Waals surface area contributed by atoms with Gasteiger partial charge in [-0.15, -0.1) is 0 Å². The van der Waals surface area contributed by atoms with Crippen LogP contribution in [-0.2, 0) is 4.74 Å². The van der Waals surface area contributed by atoms with Crippen molar-refractivity contribution in [3.05, 3.63) is 12.7 Å². The highest BCUT2D eigenvalue weighted by atomic mass is 16.5. The fourth-order valence-electron chi connectivity index (χ4n) is 1.32. The average Bonchev–Trinajstić information content (AvgIpc) is 2.16. The number of piperidine rings is 1. The van der Waals surface area contributed by atoms with Crippen LogP contribution in [0.25, 0.3) is 0 Å². The molecule has 1 aliphatic rings. The first-order valence-corrected chi connectivity index (χ1v) is 4.58. The van der Waals surface area contributed by atoms with Crippen LogP contribution >= 0.6 is 0 Å². The normalized spacial score (nSPS) is 22.0. The fraction of sp³-hybridized carbons (Fsp3) is 0.667. The molecule has 2 N–H and O–H groups in total. The second kappa shape index (κ2) is 5.59. The molecule has 0 aromatic rings. The van der Waals surface area contributed by atoms with Crippen LogP contribution in [0.1, 0.15) is 12.8 Å². The van der Waals surface area contributed by atoms with Gasteiger partial charge in [0.2, 0.25) is 0 Å². The zero-order valence-corrected chi connectivity index (χ0v) is 7.71. The Balaban J connectivity index is 2.14. The van der Waals surface area contributed by atoms with Gasteiger partial charge < -0.3 is 15.4 Å². The van der Waals surface area contributed by atoms with Crippen molar-refractivity contribution in [3.63, 3.8) is 0 Å². The molecule has 0 radical (unpaired) electrons. The molecule has 1 aliphatic heterocycles. The van der Waals surface area contributed by atoms with Gasteiger partial charge in [-0.3, -0.25) is 0 Å². The van der Waals surface area contributed by atoms with Gasteiger partial charge in [-0.2, -0.15) is 0 Å². The van der Waals surface area contributed by atoms with Crippen LogP contribution in [0.15, 0.2) is 12.7 Å². The summed E-state index contributed by atoms with van der Waals surface area (Å²) in [6, 6.07) is 0.214. The Labute approximate surface area is 78.3 Å². The third-order valence-electron chi connectivity index (χ3n) is 1.95. The molecule has 74 valence electrons. The van der Waals surface area contributed by atoms with E-state index in [2.05, 4.69) is 17.2 Å². The summed E-state index contributed by atoms with van der Waals surface area (Å²) in [7, 11) is 0. The standard InChI is InChI=1S/C9H16N2O2/c1-2-6-13-9(12)11-8-4-3-5-10-7-8/h2,8,10H,1,3-7H2,(H,11,12)/t8-/m0/s1. The predicted molar refractivity (Wildman–Crippen MR) is 50.6 cm³/mol. The molecule has 0 saturated carbocycles. The highest BCUT2D eigenvalue weighted by molar-refractivity contribution is 5.67. The number of alkyl carbamates (subject to hydrolysis) is 1. The molecule has 13 heavy (non-hydrogen) atoms. The minimum absolute atomic E-state index is 0.214. The number of nitrogens with one attached hydrogen (secondary N) is 2. The molecule has 1 atom stereocenters. The maximum absolute atomic E-state index is 11.1. The number of ether oxygens (including phenoxy) is 1. The van der Waals surface area contributed by atoms with Crippen LogP contribution in [0.3, 0.4) is 0 Å². The van der Waals surface area contributed by atoms with Gasteiger partial charge in [0.05, 0.1) is 0 Å². The number of carbonyl (C=O) groups excluding carboxylic acids is 1. The summed E-state index contributed by atoms with van der Waals surface area (Å²) in [5, 5.41) is 5.99. The molecular weight excluding hydrogens is 168 g/mol. The summed E-state index contributed by atoms with van der Waals surface area (Å²) in [6.07, 6.45) is 3.33. The number of carbonyl (C=O) groups is 1. The first-order chi connectivity index (χ1) is 6.33. The van der Waals surface area contributed by atoms with E-state index in [1.165, 1.54) is 0 Å². The topological polar surface area (TPSA) is 50.4 Å². The van der Waals surface area contributed by atoms with Gasteiger partial charge in [-0.1, -0.05) is 12.7 Å². The molecule has 1 amide bonds. The van der Waals surface area contributed by atoms with E-state index in [0.29, 0.717) is 0 Å². The van der Waals surface area contributed by atoms with Crippen LogP contribution in [0.5, 0.6) is 0 Å². The summed E-state index contributed by atoms with van der Waals surface area (Å²) in [5.41, 5.74) is 0. The molecule has 0 unspecified atom stereocenters. The predicted octanol–water partition coefficient (Wildman–Crippen LogP) is 0.651. The average molecular weight is 184 g/mol. The van der Waals surface area contributed by atoms with Gasteiger partial charge in [-0.05, 0) is 19.4 Å². The van der Waals surface area contributed by atoms with Crippen LogP contribution in [-0.4, -0.2) is 31.8 Å². The minimum atomic E-state index is -0.353. The van der Waals surface area contributed by atoms with Crippen molar-refractivity contribution >= 4 is 6.09 Å². The zero-order valence-electron chi connectivity index (χ0n) is 7.71. The number of amides is 1. The minimum Gasteiger partial charge on any atom is -0.445 e. The Kier molecular flexibility index (Phi) is 4.32. The summed E-state index contributed by atoms with van der Waals surface area (Å²) >= 11 is 0. The van der Waals surface area contributed by atoms with E-state index in [4.69, 9.17) is 4.74 Å². The van der Waals surface area contributed by atoms with Crippen LogP contribution < -0.4 is 10.6 Å². The quantitative estimate of drug-likeness (QED) is 0.633. The van der Waals surface area contributed by atoms with Crippen molar-refractivity contribution in [3.8, 4) is 0 Å². The molecule has 1 heterocycles. The summed E-state index contributed by atoms with van der Waals surface area (Å²) in [4.78, 5) is 11.1. The van der Waals surface area contributed by atoms with E-state index in [1.54, 1.807) is 6.08 Å². The Bertz CT molecular complexity index is 176. The van der Waals surface area contributed by atoms with Crippen molar-refractivity contribution in [2.45, 2.75) is 18.9 Å². The molecular formula is C9H16N2O2. The van der Waals surface area contributed by atoms with Gasteiger partial charge in [0, 0.05) is 12.6 Å². The highest BCUT2D eigenvalue weighted by Crippen LogP contribution is 2.01. The van der Waals surface area contributed by atoms with E-state index >= 15 is 0 Å². The monoisotopic (exact) mass is 184 g/mol. The van der Waals surface area contributed by atoms with Crippen LogP contribution in [0.4, 0.5) is 4.79 Å². The molecule has 1 fully saturated rings. The van der Waals surface area contributed by atoms with E-state index < -0.39 is 0 Å². The van der Waals surface area contributed by atoms with Crippen LogP contribution in [0.2, 0.25) is 0 Å². The summed E-state index contributed by atoms with van der Waals surface area (Å²) in [6.45, 7) is 5.61. The lowest BCUT2D eigenvalue weighted by Crippen LogP contribution is -2.45. The Hall–Kier alpha value is -1.03. The lowest BCUT2D eigenvalue weighted by molar-refractivity contribution is 0.152. The van der Waals surface area contributed by atoms with Crippen molar-refractivity contribution in [1.29, 1.82) is 0 Å². The molecule has 0 bridgehead atoms. The first kappa shape index (κ1) is 10.1. The fourth-order valence-corrected chi connectivity index (χ4v) is 1.32. The van der Waals surface area contributed by atoms with E-state index in [9.17, 15) is 4.79 Å². The van der Waals surface area contributed by atoms with Crippen molar-refractivity contribution in [1.82, 2.24) is 10.6 Å². The molecule has 4 nitrogen and oxygen atoms in total.